The molecule has 2 N–H and O–H groups in total. The highest BCUT2D eigenvalue weighted by atomic mass is 32.2. The Kier molecular flexibility index (Phi) is 4.37. The molecule has 2 aliphatic rings. The van der Waals surface area contributed by atoms with E-state index >= 15 is 0 Å². The molecule has 0 bridgehead atoms. The summed E-state index contributed by atoms with van der Waals surface area (Å²) in [4.78, 5) is 24.9. The third kappa shape index (κ3) is 2.91. The summed E-state index contributed by atoms with van der Waals surface area (Å²) >= 11 is 1.86. The van der Waals surface area contributed by atoms with Crippen molar-refractivity contribution in [1.29, 1.82) is 0 Å². The second-order valence-corrected chi connectivity index (χ2v) is 6.21. The molecular weight excluding hydrogens is 252 g/mol. The van der Waals surface area contributed by atoms with Crippen LogP contribution in [0, 0.1) is 5.92 Å². The molecule has 1 saturated heterocycles. The lowest BCUT2D eigenvalue weighted by atomic mass is 10.0. The van der Waals surface area contributed by atoms with Crippen molar-refractivity contribution in [3.63, 3.8) is 0 Å². The van der Waals surface area contributed by atoms with Gasteiger partial charge < -0.3 is 15.3 Å². The maximum atomic E-state index is 12.1. The quantitative estimate of drug-likeness (QED) is 0.814. The lowest BCUT2D eigenvalue weighted by Crippen LogP contribution is -2.49. The number of urea groups is 1. The zero-order chi connectivity index (χ0) is 13.1. The van der Waals surface area contributed by atoms with E-state index in [0.29, 0.717) is 12.5 Å². The van der Waals surface area contributed by atoms with Crippen LogP contribution in [0.1, 0.15) is 25.7 Å². The van der Waals surface area contributed by atoms with Crippen LogP contribution in [-0.4, -0.2) is 52.6 Å². The van der Waals surface area contributed by atoms with Crippen LogP contribution in [0.15, 0.2) is 0 Å². The number of aliphatic carboxylic acids is 1. The minimum absolute atomic E-state index is 0.124. The highest BCUT2D eigenvalue weighted by molar-refractivity contribution is 7.99. The molecule has 0 aromatic rings. The minimum Gasteiger partial charge on any atom is -0.481 e. The van der Waals surface area contributed by atoms with Crippen molar-refractivity contribution in [2.75, 3.05) is 18.6 Å². The predicted octanol–water partition coefficient (Wildman–Crippen LogP) is 1.39. The molecule has 2 amide bonds. The van der Waals surface area contributed by atoms with E-state index in [1.807, 2.05) is 11.8 Å². The summed E-state index contributed by atoms with van der Waals surface area (Å²) in [5, 5.41) is 12.0. The summed E-state index contributed by atoms with van der Waals surface area (Å²) in [5.41, 5.74) is 0. The van der Waals surface area contributed by atoms with Crippen molar-refractivity contribution in [1.82, 2.24) is 10.2 Å². The third-order valence-corrected chi connectivity index (χ3v) is 5.06. The van der Waals surface area contributed by atoms with Crippen LogP contribution in [0.5, 0.6) is 0 Å². The van der Waals surface area contributed by atoms with E-state index in [1.54, 1.807) is 11.9 Å². The number of nitrogens with zero attached hydrogens (tertiary/aromatic N) is 1. The summed E-state index contributed by atoms with van der Waals surface area (Å²) in [6, 6.07) is -0.0353. The topological polar surface area (TPSA) is 69.6 Å². The number of carbonyl (C=O) groups is 2. The average Bonchev–Trinajstić information content (AvgIpc) is 2.98. The molecule has 0 spiro atoms. The van der Waals surface area contributed by atoms with Crippen LogP contribution in [0.2, 0.25) is 0 Å². The first-order valence-corrected chi connectivity index (χ1v) is 7.59. The Morgan fingerprint density at radius 1 is 1.33 bits per heavy atom. The normalized spacial score (nSPS) is 31.3. The highest BCUT2D eigenvalue weighted by Gasteiger charge is 2.35. The zero-order valence-corrected chi connectivity index (χ0v) is 11.4. The van der Waals surface area contributed by atoms with Gasteiger partial charge in [-0.25, -0.2) is 4.79 Å². The van der Waals surface area contributed by atoms with E-state index in [4.69, 9.17) is 5.11 Å². The fourth-order valence-corrected chi connectivity index (χ4v) is 3.95. The zero-order valence-electron chi connectivity index (χ0n) is 10.6. The highest BCUT2D eigenvalue weighted by Crippen LogP contribution is 2.26. The van der Waals surface area contributed by atoms with Crippen molar-refractivity contribution in [3.05, 3.63) is 0 Å². The van der Waals surface area contributed by atoms with Crippen molar-refractivity contribution >= 4 is 23.8 Å². The fourth-order valence-electron chi connectivity index (χ4n) is 2.68. The van der Waals surface area contributed by atoms with Crippen LogP contribution in [0.4, 0.5) is 4.79 Å². The SMILES string of the molecule is CN(C(=O)NC1CCCC1C(=O)O)C1CCSC1. The van der Waals surface area contributed by atoms with Gasteiger partial charge in [0, 0.05) is 24.9 Å². The minimum atomic E-state index is -0.795. The van der Waals surface area contributed by atoms with E-state index in [2.05, 4.69) is 5.32 Å². The summed E-state index contributed by atoms with van der Waals surface area (Å²) in [6.07, 6.45) is 3.35. The van der Waals surface area contributed by atoms with Crippen molar-refractivity contribution < 1.29 is 14.7 Å². The molecule has 0 aromatic carbocycles. The van der Waals surface area contributed by atoms with Gasteiger partial charge in [0.2, 0.25) is 0 Å². The monoisotopic (exact) mass is 272 g/mol. The second kappa shape index (κ2) is 5.82. The molecule has 0 aromatic heterocycles. The number of nitrogens with one attached hydrogen (secondary N) is 1. The molecule has 2 fully saturated rings. The molecule has 1 heterocycles. The van der Waals surface area contributed by atoms with Gasteiger partial charge in [-0.2, -0.15) is 11.8 Å². The van der Waals surface area contributed by atoms with E-state index in [0.717, 1.165) is 30.8 Å². The van der Waals surface area contributed by atoms with E-state index in [1.165, 1.54) is 0 Å². The van der Waals surface area contributed by atoms with Gasteiger partial charge in [0.1, 0.15) is 0 Å². The first kappa shape index (κ1) is 13.5. The number of carbonyl (C=O) groups excluding carboxylic acids is 1. The van der Waals surface area contributed by atoms with Crippen molar-refractivity contribution in [2.45, 2.75) is 37.8 Å². The van der Waals surface area contributed by atoms with Crippen molar-refractivity contribution in [3.8, 4) is 0 Å². The predicted molar refractivity (Wildman–Crippen MR) is 70.8 cm³/mol. The summed E-state index contributed by atoms with van der Waals surface area (Å²) in [5.74, 6) is 0.873. The molecule has 3 atom stereocenters. The number of carboxylic acids is 1. The number of amides is 2. The lowest BCUT2D eigenvalue weighted by Gasteiger charge is -2.27. The van der Waals surface area contributed by atoms with Gasteiger partial charge in [-0.3, -0.25) is 4.79 Å². The second-order valence-electron chi connectivity index (χ2n) is 5.06. The maximum Gasteiger partial charge on any atom is 0.317 e. The molecule has 18 heavy (non-hydrogen) atoms. The molecule has 1 saturated carbocycles. The number of carboxylic acid groups (broad SMARTS) is 1. The molecule has 1 aliphatic carbocycles. The maximum absolute atomic E-state index is 12.1. The molecule has 2 rings (SSSR count). The number of thioether (sulfide) groups is 1. The van der Waals surface area contributed by atoms with E-state index in [9.17, 15) is 9.59 Å². The molecule has 1 aliphatic heterocycles. The molecule has 5 nitrogen and oxygen atoms in total. The smallest absolute Gasteiger partial charge is 0.317 e. The summed E-state index contributed by atoms with van der Waals surface area (Å²) in [7, 11) is 1.80. The Morgan fingerprint density at radius 3 is 2.72 bits per heavy atom. The van der Waals surface area contributed by atoms with Crippen LogP contribution >= 0.6 is 11.8 Å². The Hall–Kier alpha value is -0.910. The number of hydrogen-bond acceptors (Lipinski definition) is 3. The molecule has 102 valence electrons. The fraction of sp³-hybridized carbons (Fsp3) is 0.833. The van der Waals surface area contributed by atoms with Gasteiger partial charge in [0.05, 0.1) is 5.92 Å². The first-order chi connectivity index (χ1) is 8.59. The van der Waals surface area contributed by atoms with Crippen LogP contribution in [0.3, 0.4) is 0 Å². The average molecular weight is 272 g/mol. The van der Waals surface area contributed by atoms with Crippen LogP contribution < -0.4 is 5.32 Å². The first-order valence-electron chi connectivity index (χ1n) is 6.43. The van der Waals surface area contributed by atoms with Gasteiger partial charge in [-0.05, 0) is 25.0 Å². The van der Waals surface area contributed by atoms with Gasteiger partial charge in [-0.15, -0.1) is 0 Å². The van der Waals surface area contributed by atoms with Gasteiger partial charge in [-0.1, -0.05) is 6.42 Å². The van der Waals surface area contributed by atoms with Gasteiger partial charge in [0.15, 0.2) is 0 Å². The Bertz CT molecular complexity index is 331. The van der Waals surface area contributed by atoms with Gasteiger partial charge >= 0.3 is 12.0 Å². The number of hydrogen-bond donors (Lipinski definition) is 2. The number of rotatable bonds is 3. The Labute approximate surface area is 111 Å². The lowest BCUT2D eigenvalue weighted by molar-refractivity contribution is -0.142. The third-order valence-electron chi connectivity index (χ3n) is 3.92. The van der Waals surface area contributed by atoms with Crippen LogP contribution in [-0.2, 0) is 4.79 Å². The Morgan fingerprint density at radius 2 is 2.11 bits per heavy atom. The standard InChI is InChI=1S/C12H20N2O3S/c1-14(8-5-6-18-7-8)12(17)13-10-4-2-3-9(10)11(15)16/h8-10H,2-7H2,1H3,(H,13,17)(H,15,16). The molecule has 6 heteroatoms. The Balaban J connectivity index is 1.88. The van der Waals surface area contributed by atoms with E-state index in [-0.39, 0.29) is 12.1 Å². The molecule has 3 unspecified atom stereocenters. The van der Waals surface area contributed by atoms with E-state index < -0.39 is 11.9 Å². The summed E-state index contributed by atoms with van der Waals surface area (Å²) in [6.45, 7) is 0. The van der Waals surface area contributed by atoms with Crippen LogP contribution in [0.25, 0.3) is 0 Å². The van der Waals surface area contributed by atoms with Crippen molar-refractivity contribution in [2.24, 2.45) is 5.92 Å². The molecule has 0 radical (unpaired) electrons. The largest absolute Gasteiger partial charge is 0.481 e. The summed E-state index contributed by atoms with van der Waals surface area (Å²) < 4.78 is 0. The molecular formula is C12H20N2O3S. The van der Waals surface area contributed by atoms with Gasteiger partial charge in [0.25, 0.3) is 0 Å².